The van der Waals surface area contributed by atoms with Gasteiger partial charge in [-0.25, -0.2) is 0 Å². The number of rotatable bonds is 2. The zero-order valence-corrected chi connectivity index (χ0v) is 10.8. The molecule has 2 heterocycles. The number of hydrogen-bond donors (Lipinski definition) is 1. The quantitative estimate of drug-likeness (QED) is 0.843. The summed E-state index contributed by atoms with van der Waals surface area (Å²) in [6, 6.07) is 2.68. The summed E-state index contributed by atoms with van der Waals surface area (Å²) >= 11 is 0. The number of carbonyl (C=O) groups is 2. The molecular formula is C13H17N3O2. The van der Waals surface area contributed by atoms with Crippen LogP contribution >= 0.6 is 0 Å². The first kappa shape index (κ1) is 12.5. The molecule has 1 aliphatic rings. The molecule has 5 heteroatoms. The minimum absolute atomic E-state index is 0.0496. The molecule has 1 saturated heterocycles. The van der Waals surface area contributed by atoms with Gasteiger partial charge in [0.25, 0.3) is 0 Å². The molecule has 3 atom stereocenters. The first-order chi connectivity index (χ1) is 8.52. The molecule has 2 rings (SSSR count). The fraction of sp³-hybridized carbons (Fsp3) is 0.462. The highest BCUT2D eigenvalue weighted by Crippen LogP contribution is 2.25. The van der Waals surface area contributed by atoms with Gasteiger partial charge >= 0.3 is 0 Å². The highest BCUT2D eigenvalue weighted by molar-refractivity contribution is 5.96. The van der Waals surface area contributed by atoms with E-state index >= 15 is 0 Å². The van der Waals surface area contributed by atoms with E-state index in [1.54, 1.807) is 31.1 Å². The molecule has 1 fully saturated rings. The second-order valence-corrected chi connectivity index (χ2v) is 4.61. The lowest BCUT2D eigenvalue weighted by Crippen LogP contribution is -2.61. The summed E-state index contributed by atoms with van der Waals surface area (Å²) in [7, 11) is 0. The van der Waals surface area contributed by atoms with Gasteiger partial charge < -0.3 is 10.2 Å². The molecule has 1 N–H and O–H groups in total. The predicted molar refractivity (Wildman–Crippen MR) is 66.6 cm³/mol. The summed E-state index contributed by atoms with van der Waals surface area (Å²) in [4.78, 5) is 29.6. The summed E-state index contributed by atoms with van der Waals surface area (Å²) in [6.45, 7) is 5.38. The van der Waals surface area contributed by atoms with Crippen LogP contribution in [0.4, 0.5) is 0 Å². The molecule has 0 aliphatic carbocycles. The van der Waals surface area contributed by atoms with E-state index in [0.29, 0.717) is 0 Å². The van der Waals surface area contributed by atoms with E-state index in [2.05, 4.69) is 10.3 Å². The van der Waals surface area contributed by atoms with E-state index in [0.717, 1.165) is 5.56 Å². The average molecular weight is 247 g/mol. The Hall–Kier alpha value is -1.91. The molecular weight excluding hydrogens is 230 g/mol. The Bertz CT molecular complexity index is 461. The number of hydrogen-bond acceptors (Lipinski definition) is 3. The van der Waals surface area contributed by atoms with Gasteiger partial charge in [0.1, 0.15) is 12.1 Å². The number of piperazine rings is 1. The Labute approximate surface area is 106 Å². The van der Waals surface area contributed by atoms with Crippen LogP contribution in [0, 0.1) is 0 Å². The lowest BCUT2D eigenvalue weighted by atomic mass is 10.0. The second-order valence-electron chi connectivity index (χ2n) is 4.61. The van der Waals surface area contributed by atoms with Crippen molar-refractivity contribution in [1.82, 2.24) is 15.2 Å². The fourth-order valence-corrected chi connectivity index (χ4v) is 2.27. The molecule has 0 bridgehead atoms. The monoisotopic (exact) mass is 247 g/mol. The minimum atomic E-state index is -0.460. The molecule has 0 saturated carbocycles. The third-order valence-corrected chi connectivity index (χ3v) is 3.39. The van der Waals surface area contributed by atoms with Gasteiger partial charge in [0, 0.05) is 12.4 Å². The Morgan fingerprint density at radius 3 is 2.50 bits per heavy atom. The SMILES string of the molecule is CC1NC(=O)C(C)N(C(C)c2ccncc2)C1=O. The van der Waals surface area contributed by atoms with Crippen molar-refractivity contribution < 1.29 is 9.59 Å². The van der Waals surface area contributed by atoms with Gasteiger partial charge in [0.05, 0.1) is 6.04 Å². The van der Waals surface area contributed by atoms with Crippen molar-refractivity contribution in [2.75, 3.05) is 0 Å². The van der Waals surface area contributed by atoms with Gasteiger partial charge in [-0.15, -0.1) is 0 Å². The number of amides is 2. The Morgan fingerprint density at radius 1 is 1.28 bits per heavy atom. The minimum Gasteiger partial charge on any atom is -0.343 e. The van der Waals surface area contributed by atoms with Crippen LogP contribution in [-0.4, -0.2) is 33.8 Å². The molecule has 3 unspecified atom stereocenters. The Kier molecular flexibility index (Phi) is 3.32. The highest BCUT2D eigenvalue weighted by atomic mass is 16.2. The standard InChI is InChI=1S/C13H17N3O2/c1-8-13(18)16(10(3)12(17)15-8)9(2)11-4-6-14-7-5-11/h4-10H,1-3H3,(H,15,17). The number of pyridine rings is 1. The average Bonchev–Trinajstić information content (AvgIpc) is 2.37. The van der Waals surface area contributed by atoms with Crippen LogP contribution in [0.1, 0.15) is 32.4 Å². The normalized spacial score (nSPS) is 25.8. The molecule has 1 aromatic rings. The third kappa shape index (κ3) is 2.08. The summed E-state index contributed by atoms with van der Waals surface area (Å²) < 4.78 is 0. The Balaban J connectivity index is 2.30. The van der Waals surface area contributed by atoms with E-state index in [1.165, 1.54) is 0 Å². The number of carbonyl (C=O) groups excluding carboxylic acids is 2. The van der Waals surface area contributed by atoms with E-state index in [4.69, 9.17) is 0 Å². The van der Waals surface area contributed by atoms with E-state index in [9.17, 15) is 9.59 Å². The van der Waals surface area contributed by atoms with Crippen LogP contribution in [0.2, 0.25) is 0 Å². The first-order valence-electron chi connectivity index (χ1n) is 6.05. The van der Waals surface area contributed by atoms with Crippen molar-refractivity contribution >= 4 is 11.8 Å². The van der Waals surface area contributed by atoms with Crippen molar-refractivity contribution in [2.45, 2.75) is 38.9 Å². The molecule has 0 radical (unpaired) electrons. The van der Waals surface area contributed by atoms with Crippen LogP contribution in [0.5, 0.6) is 0 Å². The maximum atomic E-state index is 12.2. The lowest BCUT2D eigenvalue weighted by Gasteiger charge is -2.40. The van der Waals surface area contributed by atoms with Crippen molar-refractivity contribution in [1.29, 1.82) is 0 Å². The molecule has 2 amide bonds. The number of nitrogens with zero attached hydrogens (tertiary/aromatic N) is 2. The van der Waals surface area contributed by atoms with Crippen molar-refractivity contribution in [3.05, 3.63) is 30.1 Å². The van der Waals surface area contributed by atoms with Gasteiger partial charge in [-0.05, 0) is 38.5 Å². The van der Waals surface area contributed by atoms with Gasteiger partial charge in [0.15, 0.2) is 0 Å². The highest BCUT2D eigenvalue weighted by Gasteiger charge is 2.38. The summed E-state index contributed by atoms with van der Waals surface area (Å²) in [5, 5.41) is 2.67. The topological polar surface area (TPSA) is 62.3 Å². The van der Waals surface area contributed by atoms with Gasteiger partial charge in [-0.3, -0.25) is 14.6 Å². The molecule has 0 spiro atoms. The van der Waals surface area contributed by atoms with Crippen LogP contribution in [0.25, 0.3) is 0 Å². The summed E-state index contributed by atoms with van der Waals surface area (Å²) in [5.74, 6) is -0.158. The zero-order chi connectivity index (χ0) is 13.3. The molecule has 5 nitrogen and oxygen atoms in total. The Morgan fingerprint density at radius 2 is 1.89 bits per heavy atom. The molecule has 1 aliphatic heterocycles. The third-order valence-electron chi connectivity index (χ3n) is 3.39. The second kappa shape index (κ2) is 4.76. The number of nitrogens with one attached hydrogen (secondary N) is 1. The van der Waals surface area contributed by atoms with Gasteiger partial charge in [-0.2, -0.15) is 0 Å². The van der Waals surface area contributed by atoms with Crippen LogP contribution in [0.3, 0.4) is 0 Å². The fourth-order valence-electron chi connectivity index (χ4n) is 2.27. The van der Waals surface area contributed by atoms with Gasteiger partial charge in [-0.1, -0.05) is 0 Å². The van der Waals surface area contributed by atoms with E-state index < -0.39 is 12.1 Å². The van der Waals surface area contributed by atoms with Crippen LogP contribution < -0.4 is 5.32 Å². The molecule has 18 heavy (non-hydrogen) atoms. The summed E-state index contributed by atoms with van der Waals surface area (Å²) in [5.41, 5.74) is 0.979. The van der Waals surface area contributed by atoms with Crippen LogP contribution in [0.15, 0.2) is 24.5 Å². The summed E-state index contributed by atoms with van der Waals surface area (Å²) in [6.07, 6.45) is 3.38. The molecule has 96 valence electrons. The predicted octanol–water partition coefficient (Wildman–Crippen LogP) is 0.878. The number of aromatic nitrogens is 1. The lowest BCUT2D eigenvalue weighted by molar-refractivity contribution is -0.150. The van der Waals surface area contributed by atoms with Crippen molar-refractivity contribution in [3.8, 4) is 0 Å². The van der Waals surface area contributed by atoms with E-state index in [-0.39, 0.29) is 17.9 Å². The van der Waals surface area contributed by atoms with E-state index in [1.807, 2.05) is 19.1 Å². The maximum Gasteiger partial charge on any atom is 0.246 e. The first-order valence-corrected chi connectivity index (χ1v) is 6.05. The van der Waals surface area contributed by atoms with Crippen molar-refractivity contribution in [2.24, 2.45) is 0 Å². The van der Waals surface area contributed by atoms with Crippen molar-refractivity contribution in [3.63, 3.8) is 0 Å². The smallest absolute Gasteiger partial charge is 0.246 e. The molecule has 1 aromatic heterocycles. The molecule has 0 aromatic carbocycles. The largest absolute Gasteiger partial charge is 0.343 e. The maximum absolute atomic E-state index is 12.2. The van der Waals surface area contributed by atoms with Gasteiger partial charge in [0.2, 0.25) is 11.8 Å². The zero-order valence-electron chi connectivity index (χ0n) is 10.8. The van der Waals surface area contributed by atoms with Crippen LogP contribution in [-0.2, 0) is 9.59 Å².